The Labute approximate surface area is 147 Å². The predicted molar refractivity (Wildman–Crippen MR) is 94.0 cm³/mol. The molecule has 1 aliphatic carbocycles. The molecule has 6 heteroatoms. The Balaban J connectivity index is 1.17. The fourth-order valence-corrected chi connectivity index (χ4v) is 3.57. The molecule has 4 rings (SSSR count). The van der Waals surface area contributed by atoms with Crippen molar-refractivity contribution in [2.24, 2.45) is 5.92 Å². The summed E-state index contributed by atoms with van der Waals surface area (Å²) in [5, 5.41) is 7.06. The first-order valence-electron chi connectivity index (χ1n) is 8.99. The topological polar surface area (TPSA) is 61.6 Å². The van der Waals surface area contributed by atoms with Gasteiger partial charge in [0.2, 0.25) is 0 Å². The van der Waals surface area contributed by atoms with Crippen LogP contribution in [0.5, 0.6) is 0 Å². The molecule has 1 aliphatic heterocycles. The van der Waals surface area contributed by atoms with Crippen LogP contribution in [0.15, 0.2) is 47.2 Å². The van der Waals surface area contributed by atoms with Crippen LogP contribution < -0.4 is 5.32 Å². The molecule has 2 aromatic rings. The van der Waals surface area contributed by atoms with Gasteiger partial charge in [-0.25, -0.2) is 4.79 Å². The van der Waals surface area contributed by atoms with Crippen molar-refractivity contribution in [1.29, 1.82) is 0 Å². The van der Waals surface area contributed by atoms with Crippen molar-refractivity contribution >= 4 is 6.03 Å². The SMILES string of the molecule is O=C(NC[C@@H]1C[C@H]1c1ccccc1)N1CCN(Cc2ccon2)CC1. The number of nitrogens with one attached hydrogen (secondary N) is 1. The fourth-order valence-electron chi connectivity index (χ4n) is 3.57. The van der Waals surface area contributed by atoms with Gasteiger partial charge in [0, 0.05) is 45.3 Å². The van der Waals surface area contributed by atoms with Gasteiger partial charge in [0.25, 0.3) is 0 Å². The van der Waals surface area contributed by atoms with Crippen LogP contribution in [0, 0.1) is 5.92 Å². The Bertz CT molecular complexity index is 681. The molecule has 2 aliphatic rings. The zero-order valence-electron chi connectivity index (χ0n) is 14.3. The normalized spacial score (nSPS) is 23.4. The van der Waals surface area contributed by atoms with Crippen LogP contribution in [-0.4, -0.2) is 53.7 Å². The van der Waals surface area contributed by atoms with Crippen LogP contribution in [0.3, 0.4) is 0 Å². The molecule has 0 unspecified atom stereocenters. The minimum atomic E-state index is 0.0693. The smallest absolute Gasteiger partial charge is 0.317 e. The second kappa shape index (κ2) is 7.27. The summed E-state index contributed by atoms with van der Waals surface area (Å²) in [6.07, 6.45) is 2.77. The van der Waals surface area contributed by atoms with E-state index in [1.54, 1.807) is 6.26 Å². The molecule has 0 spiro atoms. The first kappa shape index (κ1) is 16.1. The van der Waals surface area contributed by atoms with Crippen LogP contribution in [0.2, 0.25) is 0 Å². The second-order valence-corrected chi connectivity index (χ2v) is 6.95. The highest BCUT2D eigenvalue weighted by molar-refractivity contribution is 5.74. The van der Waals surface area contributed by atoms with Crippen LogP contribution in [0.1, 0.15) is 23.6 Å². The average molecular weight is 340 g/mol. The molecule has 2 heterocycles. The molecule has 1 aromatic carbocycles. The molecule has 132 valence electrons. The highest BCUT2D eigenvalue weighted by atomic mass is 16.5. The standard InChI is InChI=1S/C19H24N4O2/c24-19(20-13-16-12-18(16)15-4-2-1-3-5-15)23-9-7-22(8-10-23)14-17-6-11-25-21-17/h1-6,11,16,18H,7-10,12-14H2,(H,20,24)/t16-,18-/m0/s1. The molecule has 2 amide bonds. The molecule has 1 saturated carbocycles. The maximum absolute atomic E-state index is 12.4. The van der Waals surface area contributed by atoms with E-state index in [-0.39, 0.29) is 6.03 Å². The third-order valence-corrected chi connectivity index (χ3v) is 5.20. The number of benzene rings is 1. The lowest BCUT2D eigenvalue weighted by atomic mass is 10.1. The van der Waals surface area contributed by atoms with E-state index in [0.717, 1.165) is 45.0 Å². The number of hydrogen-bond donors (Lipinski definition) is 1. The molecule has 1 saturated heterocycles. The highest BCUT2D eigenvalue weighted by Gasteiger charge is 2.38. The van der Waals surface area contributed by atoms with Crippen molar-refractivity contribution in [3.05, 3.63) is 53.9 Å². The fraction of sp³-hybridized carbons (Fsp3) is 0.474. The molecule has 6 nitrogen and oxygen atoms in total. The highest BCUT2D eigenvalue weighted by Crippen LogP contribution is 2.46. The number of carbonyl (C=O) groups is 1. The lowest BCUT2D eigenvalue weighted by Crippen LogP contribution is -2.51. The summed E-state index contributed by atoms with van der Waals surface area (Å²) in [5.74, 6) is 1.20. The zero-order chi connectivity index (χ0) is 17.1. The number of piperazine rings is 1. The Hall–Kier alpha value is -2.34. The summed E-state index contributed by atoms with van der Waals surface area (Å²) in [6.45, 7) is 4.82. The van der Waals surface area contributed by atoms with Crippen molar-refractivity contribution in [3.63, 3.8) is 0 Å². The third kappa shape index (κ3) is 4.02. The van der Waals surface area contributed by atoms with E-state index in [0.29, 0.717) is 11.8 Å². The van der Waals surface area contributed by atoms with Gasteiger partial charge >= 0.3 is 6.03 Å². The van der Waals surface area contributed by atoms with Crippen molar-refractivity contribution in [2.45, 2.75) is 18.9 Å². The Morgan fingerprint density at radius 1 is 1.16 bits per heavy atom. The van der Waals surface area contributed by atoms with Gasteiger partial charge < -0.3 is 14.7 Å². The van der Waals surface area contributed by atoms with Gasteiger partial charge in [0.05, 0.1) is 5.69 Å². The Morgan fingerprint density at radius 2 is 1.96 bits per heavy atom. The molecule has 25 heavy (non-hydrogen) atoms. The van der Waals surface area contributed by atoms with E-state index >= 15 is 0 Å². The van der Waals surface area contributed by atoms with E-state index < -0.39 is 0 Å². The first-order chi connectivity index (χ1) is 12.3. The number of urea groups is 1. The number of amides is 2. The minimum absolute atomic E-state index is 0.0693. The van der Waals surface area contributed by atoms with Crippen LogP contribution in [0.25, 0.3) is 0 Å². The van der Waals surface area contributed by atoms with Gasteiger partial charge in [-0.2, -0.15) is 0 Å². The molecular formula is C19H24N4O2. The summed E-state index contributed by atoms with van der Waals surface area (Å²) in [7, 11) is 0. The van der Waals surface area contributed by atoms with Crippen LogP contribution >= 0.6 is 0 Å². The first-order valence-corrected chi connectivity index (χ1v) is 8.99. The van der Waals surface area contributed by atoms with Gasteiger partial charge in [-0.15, -0.1) is 0 Å². The van der Waals surface area contributed by atoms with E-state index in [9.17, 15) is 4.79 Å². The maximum atomic E-state index is 12.4. The van der Waals surface area contributed by atoms with Crippen molar-refractivity contribution < 1.29 is 9.32 Å². The van der Waals surface area contributed by atoms with Crippen molar-refractivity contribution in [3.8, 4) is 0 Å². The third-order valence-electron chi connectivity index (χ3n) is 5.20. The van der Waals surface area contributed by atoms with Crippen molar-refractivity contribution in [2.75, 3.05) is 32.7 Å². The molecule has 1 aromatic heterocycles. The van der Waals surface area contributed by atoms with E-state index in [1.807, 2.05) is 17.0 Å². The van der Waals surface area contributed by atoms with Gasteiger partial charge in [-0.3, -0.25) is 4.90 Å². The predicted octanol–water partition coefficient (Wildman–Crippen LogP) is 2.31. The zero-order valence-corrected chi connectivity index (χ0v) is 14.3. The lowest BCUT2D eigenvalue weighted by Gasteiger charge is -2.34. The number of carbonyl (C=O) groups excluding carboxylic acids is 1. The van der Waals surface area contributed by atoms with Gasteiger partial charge in [-0.1, -0.05) is 35.5 Å². The number of hydrogen-bond acceptors (Lipinski definition) is 4. The quantitative estimate of drug-likeness (QED) is 0.907. The molecule has 0 radical (unpaired) electrons. The van der Waals surface area contributed by atoms with E-state index in [2.05, 4.69) is 39.6 Å². The maximum Gasteiger partial charge on any atom is 0.317 e. The minimum Gasteiger partial charge on any atom is -0.364 e. The lowest BCUT2D eigenvalue weighted by molar-refractivity contribution is 0.133. The Kier molecular flexibility index (Phi) is 4.70. The summed E-state index contributed by atoms with van der Waals surface area (Å²) in [6, 6.07) is 12.5. The van der Waals surface area contributed by atoms with Gasteiger partial charge in [0.1, 0.15) is 6.26 Å². The van der Waals surface area contributed by atoms with Crippen molar-refractivity contribution in [1.82, 2.24) is 20.3 Å². The summed E-state index contributed by atoms with van der Waals surface area (Å²) >= 11 is 0. The van der Waals surface area contributed by atoms with Crippen LogP contribution in [-0.2, 0) is 6.54 Å². The molecule has 2 fully saturated rings. The molecule has 1 N–H and O–H groups in total. The molecule has 0 bridgehead atoms. The summed E-state index contributed by atoms with van der Waals surface area (Å²) in [5.41, 5.74) is 2.34. The number of nitrogens with zero attached hydrogens (tertiary/aromatic N) is 3. The average Bonchev–Trinajstić information content (AvgIpc) is 3.27. The van der Waals surface area contributed by atoms with Crippen LogP contribution in [0.4, 0.5) is 4.79 Å². The second-order valence-electron chi connectivity index (χ2n) is 6.95. The largest absolute Gasteiger partial charge is 0.364 e. The summed E-state index contributed by atoms with van der Waals surface area (Å²) in [4.78, 5) is 16.6. The number of rotatable bonds is 5. The Morgan fingerprint density at radius 3 is 2.68 bits per heavy atom. The summed E-state index contributed by atoms with van der Waals surface area (Å²) < 4.78 is 4.87. The van der Waals surface area contributed by atoms with E-state index in [4.69, 9.17) is 4.52 Å². The number of aromatic nitrogens is 1. The van der Waals surface area contributed by atoms with Gasteiger partial charge in [0.15, 0.2) is 0 Å². The van der Waals surface area contributed by atoms with E-state index in [1.165, 1.54) is 12.0 Å². The molecule has 2 atom stereocenters. The van der Waals surface area contributed by atoms with Gasteiger partial charge in [-0.05, 0) is 23.8 Å². The monoisotopic (exact) mass is 340 g/mol. The molecular weight excluding hydrogens is 316 g/mol.